The molecule has 17 heavy (non-hydrogen) atoms. The molecule has 0 radical (unpaired) electrons. The van der Waals surface area contributed by atoms with Gasteiger partial charge in [-0.05, 0) is 38.5 Å². The van der Waals surface area contributed by atoms with Crippen molar-refractivity contribution < 1.29 is 9.47 Å². The molecule has 0 aromatic heterocycles. The van der Waals surface area contributed by atoms with Crippen LogP contribution in [-0.4, -0.2) is 25.4 Å². The smallest absolute Gasteiger partial charge is 0.0809 e. The lowest BCUT2D eigenvalue weighted by Crippen LogP contribution is -2.36. The van der Waals surface area contributed by atoms with Gasteiger partial charge in [-0.1, -0.05) is 33.1 Å². The fourth-order valence-corrected chi connectivity index (χ4v) is 2.99. The minimum absolute atomic E-state index is 0.370. The third-order valence-electron chi connectivity index (χ3n) is 3.85. The molecule has 0 bridgehead atoms. The highest BCUT2D eigenvalue weighted by Gasteiger charge is 2.29. The molecule has 102 valence electrons. The van der Waals surface area contributed by atoms with Crippen LogP contribution < -0.4 is 0 Å². The zero-order valence-corrected chi connectivity index (χ0v) is 11.9. The summed E-state index contributed by atoms with van der Waals surface area (Å²) in [5.41, 5.74) is 0. The summed E-state index contributed by atoms with van der Waals surface area (Å²) in [6, 6.07) is 0. The fraction of sp³-hybridized carbons (Fsp3) is 1.00. The second-order valence-electron chi connectivity index (χ2n) is 4.92. The van der Waals surface area contributed by atoms with E-state index in [0.29, 0.717) is 12.2 Å². The summed E-state index contributed by atoms with van der Waals surface area (Å²) in [5, 5.41) is 0. The quantitative estimate of drug-likeness (QED) is 0.739. The highest BCUT2D eigenvalue weighted by molar-refractivity contribution is 4.79. The van der Waals surface area contributed by atoms with E-state index in [0.717, 1.165) is 19.1 Å². The molecule has 1 heterocycles. The van der Waals surface area contributed by atoms with Gasteiger partial charge in [0.05, 0.1) is 18.8 Å². The first-order valence-electron chi connectivity index (χ1n) is 7.63. The Bertz CT molecular complexity index is 168. The zero-order chi connectivity index (χ0) is 12.5. The van der Waals surface area contributed by atoms with Crippen molar-refractivity contribution >= 4 is 0 Å². The van der Waals surface area contributed by atoms with Crippen molar-refractivity contribution in [3.8, 4) is 0 Å². The minimum Gasteiger partial charge on any atom is -0.376 e. The molecule has 2 fully saturated rings. The first kappa shape index (κ1) is 15.0. The Morgan fingerprint density at radius 2 is 1.71 bits per heavy atom. The molecule has 2 nitrogen and oxygen atoms in total. The van der Waals surface area contributed by atoms with Gasteiger partial charge in [-0.3, -0.25) is 0 Å². The molecule has 2 unspecified atom stereocenters. The Balaban J connectivity index is 0.000000686. The monoisotopic (exact) mass is 242 g/mol. The number of rotatable bonds is 3. The largest absolute Gasteiger partial charge is 0.376 e. The van der Waals surface area contributed by atoms with Crippen LogP contribution in [0.25, 0.3) is 0 Å². The fourth-order valence-electron chi connectivity index (χ4n) is 2.99. The average Bonchev–Trinajstić information content (AvgIpc) is 2.43. The second-order valence-corrected chi connectivity index (χ2v) is 4.92. The maximum atomic E-state index is 5.96. The van der Waals surface area contributed by atoms with Crippen LogP contribution in [-0.2, 0) is 9.47 Å². The van der Waals surface area contributed by atoms with E-state index in [1.165, 1.54) is 44.9 Å². The molecule has 2 aliphatic rings. The van der Waals surface area contributed by atoms with Crippen molar-refractivity contribution in [2.45, 2.75) is 77.9 Å². The molecule has 2 rings (SSSR count). The Hall–Kier alpha value is -0.0800. The van der Waals surface area contributed by atoms with Crippen molar-refractivity contribution in [3.63, 3.8) is 0 Å². The van der Waals surface area contributed by atoms with E-state index in [4.69, 9.17) is 9.47 Å². The summed E-state index contributed by atoms with van der Waals surface area (Å²) in [4.78, 5) is 0. The molecule has 0 N–H and O–H groups in total. The first-order valence-corrected chi connectivity index (χ1v) is 7.63. The van der Waals surface area contributed by atoms with E-state index in [2.05, 4.69) is 6.92 Å². The molecule has 1 saturated carbocycles. The lowest BCUT2D eigenvalue weighted by atomic mass is 9.82. The molecule has 0 aromatic rings. The second kappa shape index (κ2) is 8.93. The lowest BCUT2D eigenvalue weighted by molar-refractivity contribution is -0.104. The Morgan fingerprint density at radius 1 is 1.00 bits per heavy atom. The summed E-state index contributed by atoms with van der Waals surface area (Å²) in [5.74, 6) is 0.848. The third-order valence-corrected chi connectivity index (χ3v) is 3.85. The van der Waals surface area contributed by atoms with Crippen LogP contribution in [0.5, 0.6) is 0 Å². The number of ether oxygens (including phenoxy) is 2. The predicted molar refractivity (Wildman–Crippen MR) is 72.3 cm³/mol. The van der Waals surface area contributed by atoms with Crippen LogP contribution in [0.15, 0.2) is 0 Å². The summed E-state index contributed by atoms with van der Waals surface area (Å²) < 4.78 is 11.6. The van der Waals surface area contributed by atoms with Crippen molar-refractivity contribution in [2.75, 3.05) is 13.2 Å². The average molecular weight is 242 g/mol. The summed E-state index contributed by atoms with van der Waals surface area (Å²) >= 11 is 0. The van der Waals surface area contributed by atoms with Gasteiger partial charge in [-0.25, -0.2) is 0 Å². The van der Waals surface area contributed by atoms with Crippen molar-refractivity contribution in [1.82, 2.24) is 0 Å². The van der Waals surface area contributed by atoms with E-state index < -0.39 is 0 Å². The van der Waals surface area contributed by atoms with Gasteiger partial charge in [0.1, 0.15) is 0 Å². The van der Waals surface area contributed by atoms with Crippen molar-refractivity contribution in [3.05, 3.63) is 0 Å². The van der Waals surface area contributed by atoms with Gasteiger partial charge in [-0.2, -0.15) is 0 Å². The van der Waals surface area contributed by atoms with E-state index >= 15 is 0 Å². The highest BCUT2D eigenvalue weighted by atomic mass is 16.5. The van der Waals surface area contributed by atoms with Gasteiger partial charge in [0.2, 0.25) is 0 Å². The third kappa shape index (κ3) is 4.97. The zero-order valence-electron chi connectivity index (χ0n) is 11.9. The predicted octanol–water partition coefficient (Wildman–Crippen LogP) is 4.18. The molecular weight excluding hydrogens is 212 g/mol. The van der Waals surface area contributed by atoms with Crippen LogP contribution >= 0.6 is 0 Å². The molecule has 2 heteroatoms. The highest BCUT2D eigenvalue weighted by Crippen LogP contribution is 2.32. The van der Waals surface area contributed by atoms with Crippen LogP contribution in [0.2, 0.25) is 0 Å². The van der Waals surface area contributed by atoms with Crippen LogP contribution in [0.4, 0.5) is 0 Å². The summed E-state index contributed by atoms with van der Waals surface area (Å²) in [6.07, 6.45) is 10.4. The number of hydrogen-bond donors (Lipinski definition) is 0. The topological polar surface area (TPSA) is 18.5 Å². The van der Waals surface area contributed by atoms with Gasteiger partial charge >= 0.3 is 0 Å². The standard InChI is InChI=1S/C13H24O2.C2H6/c1-2-14-12-8-9-13(15-10-12)11-6-4-3-5-7-11;1-2/h11-13H,2-10H2,1H3;1-2H3. The molecule has 0 spiro atoms. The van der Waals surface area contributed by atoms with E-state index in [9.17, 15) is 0 Å². The molecule has 0 amide bonds. The van der Waals surface area contributed by atoms with Gasteiger partial charge in [0.25, 0.3) is 0 Å². The molecule has 0 aromatic carbocycles. The summed E-state index contributed by atoms with van der Waals surface area (Å²) in [7, 11) is 0. The van der Waals surface area contributed by atoms with Gasteiger partial charge < -0.3 is 9.47 Å². The Morgan fingerprint density at radius 3 is 2.24 bits per heavy atom. The maximum Gasteiger partial charge on any atom is 0.0809 e. The summed E-state index contributed by atoms with van der Waals surface area (Å²) in [6.45, 7) is 7.71. The normalized spacial score (nSPS) is 30.5. The van der Waals surface area contributed by atoms with Gasteiger partial charge in [-0.15, -0.1) is 0 Å². The number of hydrogen-bond acceptors (Lipinski definition) is 2. The minimum atomic E-state index is 0.370. The van der Waals surface area contributed by atoms with Gasteiger partial charge in [0, 0.05) is 6.61 Å². The SMILES string of the molecule is CC.CCOC1CCC(C2CCCCC2)OC1. The maximum absolute atomic E-state index is 5.96. The molecule has 2 atom stereocenters. The van der Waals surface area contributed by atoms with E-state index in [1.807, 2.05) is 13.8 Å². The van der Waals surface area contributed by atoms with Gasteiger partial charge in [0.15, 0.2) is 0 Å². The molecule has 1 aliphatic carbocycles. The Kier molecular flexibility index (Phi) is 7.87. The van der Waals surface area contributed by atoms with Crippen molar-refractivity contribution in [2.24, 2.45) is 5.92 Å². The van der Waals surface area contributed by atoms with E-state index in [-0.39, 0.29) is 0 Å². The van der Waals surface area contributed by atoms with Crippen molar-refractivity contribution in [1.29, 1.82) is 0 Å². The van der Waals surface area contributed by atoms with E-state index in [1.54, 1.807) is 0 Å². The Labute approximate surface area is 107 Å². The van der Waals surface area contributed by atoms with Crippen LogP contribution in [0.1, 0.15) is 65.7 Å². The first-order chi connectivity index (χ1) is 8.40. The molecular formula is C15H30O2. The lowest BCUT2D eigenvalue weighted by Gasteiger charge is -2.35. The van der Waals surface area contributed by atoms with Crippen LogP contribution in [0, 0.1) is 5.92 Å². The molecule has 1 aliphatic heterocycles. The molecule has 1 saturated heterocycles. The van der Waals surface area contributed by atoms with Crippen LogP contribution in [0.3, 0.4) is 0 Å².